The molecular formula is C16H27NO. The molecular weight excluding hydrogens is 222 g/mol. The second-order valence-corrected chi connectivity index (χ2v) is 5.77. The molecule has 1 aromatic carbocycles. The highest BCUT2D eigenvalue weighted by atomic mass is 16.3. The zero-order valence-corrected chi connectivity index (χ0v) is 11.9. The number of hydrogen-bond donors (Lipinski definition) is 2. The Bertz CT molecular complexity index is 321. The predicted molar refractivity (Wildman–Crippen MR) is 77.6 cm³/mol. The summed E-state index contributed by atoms with van der Waals surface area (Å²) in [5.74, 6) is 0. The number of aliphatic hydroxyl groups is 1. The molecule has 0 radical (unpaired) electrons. The third kappa shape index (κ3) is 5.19. The van der Waals surface area contributed by atoms with Crippen molar-refractivity contribution < 1.29 is 5.11 Å². The van der Waals surface area contributed by atoms with Crippen LogP contribution < -0.4 is 5.32 Å². The molecule has 0 fully saturated rings. The van der Waals surface area contributed by atoms with Crippen LogP contribution in [-0.2, 0) is 0 Å². The molecule has 2 heteroatoms. The molecule has 0 aliphatic rings. The minimum Gasteiger partial charge on any atom is -0.396 e. The summed E-state index contributed by atoms with van der Waals surface area (Å²) in [4.78, 5) is 0. The van der Waals surface area contributed by atoms with E-state index in [0.29, 0.717) is 6.04 Å². The Hall–Kier alpha value is -0.860. The van der Waals surface area contributed by atoms with E-state index < -0.39 is 0 Å². The second kappa shape index (κ2) is 7.55. The van der Waals surface area contributed by atoms with E-state index in [9.17, 15) is 0 Å². The Kier molecular flexibility index (Phi) is 6.37. The van der Waals surface area contributed by atoms with Gasteiger partial charge in [0.1, 0.15) is 0 Å². The molecule has 1 unspecified atom stereocenters. The van der Waals surface area contributed by atoms with Crippen molar-refractivity contribution in [1.82, 2.24) is 5.32 Å². The molecule has 0 spiro atoms. The first-order valence-corrected chi connectivity index (χ1v) is 6.98. The molecule has 0 aliphatic heterocycles. The Balaban J connectivity index is 2.59. The molecule has 2 nitrogen and oxygen atoms in total. The molecule has 0 heterocycles. The topological polar surface area (TPSA) is 32.3 Å². The van der Waals surface area contributed by atoms with Crippen molar-refractivity contribution in [2.45, 2.75) is 46.1 Å². The zero-order valence-electron chi connectivity index (χ0n) is 11.9. The molecule has 0 saturated heterocycles. The van der Waals surface area contributed by atoms with Crippen LogP contribution in [0.5, 0.6) is 0 Å². The van der Waals surface area contributed by atoms with Gasteiger partial charge in [-0.2, -0.15) is 0 Å². The SMILES string of the molecule is CCCC(NCC(C)(C)CCO)c1ccccc1. The van der Waals surface area contributed by atoms with E-state index >= 15 is 0 Å². The number of aliphatic hydroxyl groups excluding tert-OH is 1. The van der Waals surface area contributed by atoms with E-state index in [1.165, 1.54) is 12.0 Å². The fourth-order valence-electron chi connectivity index (χ4n) is 2.15. The Morgan fingerprint density at radius 1 is 1.22 bits per heavy atom. The number of rotatable bonds is 8. The molecule has 1 aromatic rings. The summed E-state index contributed by atoms with van der Waals surface area (Å²) in [5.41, 5.74) is 1.51. The smallest absolute Gasteiger partial charge is 0.0436 e. The van der Waals surface area contributed by atoms with Gasteiger partial charge in [-0.05, 0) is 23.8 Å². The van der Waals surface area contributed by atoms with Gasteiger partial charge in [0.2, 0.25) is 0 Å². The van der Waals surface area contributed by atoms with Crippen molar-refractivity contribution in [3.63, 3.8) is 0 Å². The summed E-state index contributed by atoms with van der Waals surface area (Å²) in [6.45, 7) is 7.82. The molecule has 1 rings (SSSR count). The lowest BCUT2D eigenvalue weighted by Gasteiger charge is -2.28. The van der Waals surface area contributed by atoms with E-state index in [2.05, 4.69) is 56.4 Å². The van der Waals surface area contributed by atoms with Gasteiger partial charge < -0.3 is 10.4 Å². The Labute approximate surface area is 111 Å². The van der Waals surface area contributed by atoms with Crippen LogP contribution in [0.2, 0.25) is 0 Å². The molecule has 0 amide bonds. The summed E-state index contributed by atoms with van der Waals surface area (Å²) >= 11 is 0. The van der Waals surface area contributed by atoms with Crippen LogP contribution in [0.4, 0.5) is 0 Å². The van der Waals surface area contributed by atoms with Crippen molar-refractivity contribution >= 4 is 0 Å². The molecule has 0 bridgehead atoms. The maximum absolute atomic E-state index is 9.06. The van der Waals surface area contributed by atoms with Gasteiger partial charge in [0.25, 0.3) is 0 Å². The van der Waals surface area contributed by atoms with Crippen molar-refractivity contribution in [2.24, 2.45) is 5.41 Å². The van der Waals surface area contributed by atoms with Gasteiger partial charge in [-0.3, -0.25) is 0 Å². The second-order valence-electron chi connectivity index (χ2n) is 5.77. The molecule has 2 N–H and O–H groups in total. The summed E-state index contributed by atoms with van der Waals surface area (Å²) in [5, 5.41) is 12.7. The Morgan fingerprint density at radius 2 is 1.89 bits per heavy atom. The minimum atomic E-state index is 0.148. The van der Waals surface area contributed by atoms with Crippen LogP contribution in [0, 0.1) is 5.41 Å². The standard InChI is InChI=1S/C16H27NO/c1-4-8-15(14-9-6-5-7-10-14)17-13-16(2,3)11-12-18/h5-7,9-10,15,17-18H,4,8,11-13H2,1-3H3. The first kappa shape index (κ1) is 15.2. The maximum Gasteiger partial charge on any atom is 0.0436 e. The van der Waals surface area contributed by atoms with Gasteiger partial charge in [0.15, 0.2) is 0 Å². The van der Waals surface area contributed by atoms with Crippen LogP contribution in [0.1, 0.15) is 51.6 Å². The Morgan fingerprint density at radius 3 is 2.44 bits per heavy atom. The van der Waals surface area contributed by atoms with E-state index in [1.807, 2.05) is 0 Å². The number of nitrogens with one attached hydrogen (secondary N) is 1. The van der Waals surface area contributed by atoms with Crippen molar-refractivity contribution in [1.29, 1.82) is 0 Å². The van der Waals surface area contributed by atoms with E-state index in [4.69, 9.17) is 5.11 Å². The number of hydrogen-bond acceptors (Lipinski definition) is 2. The molecule has 0 saturated carbocycles. The third-order valence-corrected chi connectivity index (χ3v) is 3.39. The van der Waals surface area contributed by atoms with Crippen LogP contribution in [-0.4, -0.2) is 18.3 Å². The van der Waals surface area contributed by atoms with Gasteiger partial charge in [-0.15, -0.1) is 0 Å². The fourth-order valence-corrected chi connectivity index (χ4v) is 2.15. The summed E-state index contributed by atoms with van der Waals surface area (Å²) in [7, 11) is 0. The van der Waals surface area contributed by atoms with Crippen molar-refractivity contribution in [3.8, 4) is 0 Å². The quantitative estimate of drug-likeness (QED) is 0.739. The average molecular weight is 249 g/mol. The lowest BCUT2D eigenvalue weighted by molar-refractivity contribution is 0.202. The van der Waals surface area contributed by atoms with Crippen LogP contribution >= 0.6 is 0 Å². The summed E-state index contributed by atoms with van der Waals surface area (Å²) in [6, 6.07) is 11.0. The molecule has 0 aromatic heterocycles. The first-order chi connectivity index (χ1) is 8.59. The van der Waals surface area contributed by atoms with E-state index in [1.54, 1.807) is 0 Å². The molecule has 0 aliphatic carbocycles. The normalized spacial score (nSPS) is 13.6. The van der Waals surface area contributed by atoms with Gasteiger partial charge in [0.05, 0.1) is 0 Å². The molecule has 1 atom stereocenters. The number of benzene rings is 1. The van der Waals surface area contributed by atoms with E-state index in [0.717, 1.165) is 19.4 Å². The largest absolute Gasteiger partial charge is 0.396 e. The lowest BCUT2D eigenvalue weighted by atomic mass is 9.89. The maximum atomic E-state index is 9.06. The van der Waals surface area contributed by atoms with Crippen LogP contribution in [0.15, 0.2) is 30.3 Å². The monoisotopic (exact) mass is 249 g/mol. The first-order valence-electron chi connectivity index (χ1n) is 6.98. The predicted octanol–water partition coefficient (Wildman–Crippen LogP) is 3.53. The van der Waals surface area contributed by atoms with Gasteiger partial charge >= 0.3 is 0 Å². The highest BCUT2D eigenvalue weighted by Crippen LogP contribution is 2.23. The summed E-state index contributed by atoms with van der Waals surface area (Å²) in [6.07, 6.45) is 3.17. The van der Waals surface area contributed by atoms with Crippen LogP contribution in [0.3, 0.4) is 0 Å². The van der Waals surface area contributed by atoms with Gasteiger partial charge in [-0.25, -0.2) is 0 Å². The highest BCUT2D eigenvalue weighted by molar-refractivity contribution is 5.18. The average Bonchev–Trinajstić information content (AvgIpc) is 2.35. The lowest BCUT2D eigenvalue weighted by Crippen LogP contribution is -2.33. The van der Waals surface area contributed by atoms with Gasteiger partial charge in [0, 0.05) is 19.2 Å². The van der Waals surface area contributed by atoms with Crippen molar-refractivity contribution in [3.05, 3.63) is 35.9 Å². The van der Waals surface area contributed by atoms with Crippen LogP contribution in [0.25, 0.3) is 0 Å². The zero-order chi connectivity index (χ0) is 13.4. The van der Waals surface area contributed by atoms with Crippen molar-refractivity contribution in [2.75, 3.05) is 13.2 Å². The highest BCUT2D eigenvalue weighted by Gasteiger charge is 2.19. The fraction of sp³-hybridized carbons (Fsp3) is 0.625. The van der Waals surface area contributed by atoms with Gasteiger partial charge in [-0.1, -0.05) is 57.5 Å². The molecule has 102 valence electrons. The van der Waals surface area contributed by atoms with E-state index in [-0.39, 0.29) is 12.0 Å². The third-order valence-electron chi connectivity index (χ3n) is 3.39. The summed E-state index contributed by atoms with van der Waals surface area (Å²) < 4.78 is 0. The molecule has 18 heavy (non-hydrogen) atoms. The minimum absolute atomic E-state index is 0.148.